The first-order valence-electron chi connectivity index (χ1n) is 13.4. The van der Waals surface area contributed by atoms with E-state index < -0.39 is 16.6 Å². The second kappa shape index (κ2) is 18.2. The van der Waals surface area contributed by atoms with Crippen molar-refractivity contribution in [3.05, 3.63) is 0 Å². The maximum absolute atomic E-state index is 12.1. The number of carbonyl (C=O) groups excluding carboxylic acids is 1. The average molecular weight is 489 g/mol. The van der Waals surface area contributed by atoms with Gasteiger partial charge in [0.1, 0.15) is 12.7 Å². The maximum atomic E-state index is 12.1. The van der Waals surface area contributed by atoms with Gasteiger partial charge < -0.3 is 13.6 Å². The van der Waals surface area contributed by atoms with Crippen molar-refractivity contribution in [2.75, 3.05) is 13.2 Å². The van der Waals surface area contributed by atoms with Gasteiger partial charge in [-0.05, 0) is 51.6 Å². The van der Waals surface area contributed by atoms with E-state index in [1.807, 2.05) is 0 Å². The number of ether oxygens (including phenoxy) is 1. The first-order valence-corrected chi connectivity index (χ1v) is 20.2. The normalized spacial score (nSPS) is 14.4. The number of esters is 1. The molecule has 0 aromatic carbocycles. The van der Waals surface area contributed by atoms with Crippen LogP contribution in [0.2, 0.25) is 39.3 Å². The van der Waals surface area contributed by atoms with Crippen LogP contribution in [0.25, 0.3) is 0 Å². The lowest BCUT2D eigenvalue weighted by molar-refractivity contribution is -0.146. The van der Waals surface area contributed by atoms with Gasteiger partial charge in [-0.25, -0.2) is 0 Å². The molecular weight excluding hydrogens is 432 g/mol. The highest BCUT2D eigenvalue weighted by atomic mass is 28.4. The minimum Gasteiger partial charge on any atom is -0.463 e. The Morgan fingerprint density at radius 1 is 0.719 bits per heavy atom. The van der Waals surface area contributed by atoms with Gasteiger partial charge in [0, 0.05) is 6.42 Å². The first-order chi connectivity index (χ1) is 14.9. The quantitative estimate of drug-likeness (QED) is 0.0925. The molecule has 0 aliphatic rings. The van der Waals surface area contributed by atoms with Crippen LogP contribution >= 0.6 is 0 Å². The van der Waals surface area contributed by atoms with Gasteiger partial charge in [0.2, 0.25) is 0 Å². The van der Waals surface area contributed by atoms with Gasteiger partial charge in [-0.2, -0.15) is 0 Å². The zero-order chi connectivity index (χ0) is 24.5. The summed E-state index contributed by atoms with van der Waals surface area (Å²) < 4.78 is 17.7. The fraction of sp³-hybridized carbons (Fsp3) is 0.962. The van der Waals surface area contributed by atoms with Gasteiger partial charge in [0.05, 0.1) is 6.61 Å². The van der Waals surface area contributed by atoms with E-state index in [0.29, 0.717) is 19.6 Å². The van der Waals surface area contributed by atoms with Crippen molar-refractivity contribution in [3.63, 3.8) is 0 Å². The Balaban J connectivity index is 3.73. The van der Waals surface area contributed by atoms with E-state index in [0.717, 1.165) is 18.8 Å². The van der Waals surface area contributed by atoms with Gasteiger partial charge in [-0.3, -0.25) is 4.79 Å². The van der Waals surface area contributed by atoms with E-state index in [2.05, 4.69) is 53.1 Å². The standard InChI is InChI=1S/C26H56O4Si2/c1-9-24(2)20-18-16-14-12-10-11-13-15-17-19-21-26(27)28-22-25(30-32(6,7)8)23-29-31(3,4)5/h24-25H,9-23H2,1-8H3. The minimum atomic E-state index is -1.71. The Bertz CT molecular complexity index is 458. The molecule has 0 amide bonds. The summed E-state index contributed by atoms with van der Waals surface area (Å²) in [6.07, 6.45) is 16.0. The van der Waals surface area contributed by atoms with Crippen LogP contribution in [0.3, 0.4) is 0 Å². The SMILES string of the molecule is CCC(C)CCCCCCCCCCCCC(=O)OCC(CO[Si](C)(C)C)O[Si](C)(C)C. The van der Waals surface area contributed by atoms with Gasteiger partial charge in [-0.1, -0.05) is 84.5 Å². The third-order valence-electron chi connectivity index (χ3n) is 5.68. The topological polar surface area (TPSA) is 44.8 Å². The molecule has 32 heavy (non-hydrogen) atoms. The van der Waals surface area contributed by atoms with E-state index in [1.54, 1.807) is 0 Å². The molecule has 0 aromatic heterocycles. The Morgan fingerprint density at radius 2 is 1.22 bits per heavy atom. The minimum absolute atomic E-state index is 0.0976. The lowest BCUT2D eigenvalue weighted by Gasteiger charge is -2.28. The zero-order valence-electron chi connectivity index (χ0n) is 22.9. The number of unbranched alkanes of at least 4 members (excludes halogenated alkanes) is 9. The smallest absolute Gasteiger partial charge is 0.305 e. The highest BCUT2D eigenvalue weighted by Crippen LogP contribution is 2.16. The lowest BCUT2D eigenvalue weighted by Crippen LogP contribution is -2.40. The van der Waals surface area contributed by atoms with Crippen molar-refractivity contribution in [2.45, 2.75) is 143 Å². The maximum Gasteiger partial charge on any atom is 0.305 e. The van der Waals surface area contributed by atoms with Gasteiger partial charge >= 0.3 is 5.97 Å². The molecule has 0 saturated carbocycles. The molecule has 0 bridgehead atoms. The van der Waals surface area contributed by atoms with Crippen molar-refractivity contribution in [3.8, 4) is 0 Å². The molecule has 0 fully saturated rings. The Hall–Kier alpha value is -0.176. The third-order valence-corrected chi connectivity index (χ3v) is 7.75. The van der Waals surface area contributed by atoms with Gasteiger partial charge in [0.25, 0.3) is 0 Å². The highest BCUT2D eigenvalue weighted by molar-refractivity contribution is 6.70. The van der Waals surface area contributed by atoms with Crippen LogP contribution in [0, 0.1) is 5.92 Å². The lowest BCUT2D eigenvalue weighted by atomic mass is 9.99. The number of hydrogen-bond donors (Lipinski definition) is 0. The van der Waals surface area contributed by atoms with Crippen LogP contribution in [0.15, 0.2) is 0 Å². The molecule has 0 aliphatic heterocycles. The van der Waals surface area contributed by atoms with Crippen LogP contribution in [0.4, 0.5) is 0 Å². The van der Waals surface area contributed by atoms with E-state index in [-0.39, 0.29) is 12.1 Å². The number of rotatable bonds is 21. The number of hydrogen-bond acceptors (Lipinski definition) is 4. The largest absolute Gasteiger partial charge is 0.463 e. The molecule has 0 rings (SSSR count). The first kappa shape index (κ1) is 31.8. The molecular formula is C26H56O4Si2. The molecule has 0 N–H and O–H groups in total. The molecule has 0 aliphatic carbocycles. The van der Waals surface area contributed by atoms with Crippen LogP contribution in [-0.4, -0.2) is 41.9 Å². The molecule has 0 spiro atoms. The summed E-state index contributed by atoms with van der Waals surface area (Å²) in [5.74, 6) is 0.802. The Morgan fingerprint density at radius 3 is 1.69 bits per heavy atom. The molecule has 0 radical (unpaired) electrons. The van der Waals surface area contributed by atoms with Crippen molar-refractivity contribution in [2.24, 2.45) is 5.92 Å². The summed E-state index contributed by atoms with van der Waals surface area (Å²) in [6, 6.07) is 0. The van der Waals surface area contributed by atoms with Crippen molar-refractivity contribution in [1.82, 2.24) is 0 Å². The van der Waals surface area contributed by atoms with Gasteiger partial charge in [-0.15, -0.1) is 0 Å². The molecule has 2 unspecified atom stereocenters. The summed E-state index contributed by atoms with van der Waals surface area (Å²) in [5, 5.41) is 0. The van der Waals surface area contributed by atoms with E-state index in [9.17, 15) is 4.79 Å². The van der Waals surface area contributed by atoms with Crippen molar-refractivity contribution >= 4 is 22.6 Å². The van der Waals surface area contributed by atoms with Crippen LogP contribution in [0.5, 0.6) is 0 Å². The summed E-state index contributed by atoms with van der Waals surface area (Å²) in [7, 11) is -3.32. The molecule has 0 saturated heterocycles. The summed E-state index contributed by atoms with van der Waals surface area (Å²) in [4.78, 5) is 12.1. The second-order valence-electron chi connectivity index (χ2n) is 11.5. The molecule has 6 heteroatoms. The molecule has 2 atom stereocenters. The van der Waals surface area contributed by atoms with Crippen LogP contribution < -0.4 is 0 Å². The fourth-order valence-electron chi connectivity index (χ4n) is 3.60. The average Bonchev–Trinajstić information content (AvgIpc) is 2.69. The summed E-state index contributed by atoms with van der Waals surface area (Å²) >= 11 is 0. The molecule has 192 valence electrons. The van der Waals surface area contributed by atoms with Gasteiger partial charge in [0.15, 0.2) is 16.6 Å². The third kappa shape index (κ3) is 23.0. The van der Waals surface area contributed by atoms with Crippen molar-refractivity contribution in [1.29, 1.82) is 0 Å². The molecule has 0 aromatic rings. The summed E-state index contributed by atoms with van der Waals surface area (Å²) in [6.45, 7) is 18.5. The summed E-state index contributed by atoms with van der Waals surface area (Å²) in [5.41, 5.74) is 0. The van der Waals surface area contributed by atoms with E-state index >= 15 is 0 Å². The molecule has 4 nitrogen and oxygen atoms in total. The number of carbonyl (C=O) groups is 1. The Labute approximate surface area is 202 Å². The monoisotopic (exact) mass is 488 g/mol. The zero-order valence-corrected chi connectivity index (χ0v) is 24.9. The van der Waals surface area contributed by atoms with E-state index in [4.69, 9.17) is 13.6 Å². The van der Waals surface area contributed by atoms with Crippen molar-refractivity contribution < 1.29 is 18.4 Å². The Kier molecular flexibility index (Phi) is 18.1. The molecule has 0 heterocycles. The predicted molar refractivity (Wildman–Crippen MR) is 143 cm³/mol. The predicted octanol–water partition coefficient (Wildman–Crippen LogP) is 8.33. The second-order valence-corrected chi connectivity index (χ2v) is 20.5. The van der Waals surface area contributed by atoms with Crippen LogP contribution in [-0.2, 0) is 18.4 Å². The van der Waals surface area contributed by atoms with Crippen LogP contribution in [0.1, 0.15) is 97.3 Å². The van der Waals surface area contributed by atoms with E-state index in [1.165, 1.54) is 64.2 Å². The highest BCUT2D eigenvalue weighted by Gasteiger charge is 2.25. The fourth-order valence-corrected chi connectivity index (χ4v) is 5.42.